The zero-order valence-electron chi connectivity index (χ0n) is 9.46. The van der Waals surface area contributed by atoms with Crippen LogP contribution < -0.4 is 5.73 Å². The second-order valence-electron chi connectivity index (χ2n) is 3.79. The van der Waals surface area contributed by atoms with Gasteiger partial charge in [0.2, 0.25) is 0 Å². The highest BCUT2D eigenvalue weighted by molar-refractivity contribution is 5.21. The summed E-state index contributed by atoms with van der Waals surface area (Å²) in [5, 5.41) is 0. The molecular weight excluding hydrogens is 231 g/mol. The molecule has 0 amide bonds. The first-order chi connectivity index (χ1) is 8.01. The summed E-state index contributed by atoms with van der Waals surface area (Å²) in [6.07, 6.45) is -4.88. The minimum atomic E-state index is -4.09. The van der Waals surface area contributed by atoms with Gasteiger partial charge in [-0.2, -0.15) is 13.2 Å². The summed E-state index contributed by atoms with van der Waals surface area (Å²) in [7, 11) is 0. The van der Waals surface area contributed by atoms with E-state index in [2.05, 4.69) is 0 Å². The zero-order valence-corrected chi connectivity index (χ0v) is 9.46. The van der Waals surface area contributed by atoms with E-state index in [0.29, 0.717) is 13.2 Å². The third kappa shape index (κ3) is 6.28. The van der Waals surface area contributed by atoms with Gasteiger partial charge in [-0.3, -0.25) is 0 Å². The Morgan fingerprint density at radius 3 is 2.18 bits per heavy atom. The fraction of sp³-hybridized carbons (Fsp3) is 0.500. The van der Waals surface area contributed by atoms with Gasteiger partial charge in [-0.1, -0.05) is 24.3 Å². The van der Waals surface area contributed by atoms with E-state index in [0.717, 1.165) is 11.1 Å². The summed E-state index contributed by atoms with van der Waals surface area (Å²) in [4.78, 5) is 0. The molecule has 1 aromatic rings. The van der Waals surface area contributed by atoms with E-state index in [9.17, 15) is 13.2 Å². The molecule has 0 aromatic heterocycles. The normalized spacial score (nSPS) is 11.8. The number of alkyl halides is 3. The molecule has 17 heavy (non-hydrogen) atoms. The molecule has 0 aliphatic carbocycles. The van der Waals surface area contributed by atoms with Crippen molar-refractivity contribution in [2.45, 2.75) is 32.2 Å². The van der Waals surface area contributed by atoms with Crippen molar-refractivity contribution >= 4 is 0 Å². The molecule has 2 nitrogen and oxygen atoms in total. The van der Waals surface area contributed by atoms with Crippen molar-refractivity contribution in [3.8, 4) is 0 Å². The van der Waals surface area contributed by atoms with Crippen molar-refractivity contribution in [1.82, 2.24) is 0 Å². The zero-order chi connectivity index (χ0) is 12.7. The van der Waals surface area contributed by atoms with Crippen LogP contribution in [-0.2, 0) is 17.9 Å². The van der Waals surface area contributed by atoms with Gasteiger partial charge in [0.25, 0.3) is 0 Å². The Morgan fingerprint density at radius 2 is 1.65 bits per heavy atom. The molecule has 0 aliphatic heterocycles. The predicted molar refractivity (Wildman–Crippen MR) is 59.3 cm³/mol. The SMILES string of the molecule is NCc1ccc(COCCCC(F)(F)F)cc1. The summed E-state index contributed by atoms with van der Waals surface area (Å²) in [6, 6.07) is 7.50. The minimum absolute atomic E-state index is 0.00435. The maximum atomic E-state index is 11.8. The van der Waals surface area contributed by atoms with Gasteiger partial charge in [0.05, 0.1) is 6.61 Å². The van der Waals surface area contributed by atoms with E-state index in [-0.39, 0.29) is 13.0 Å². The lowest BCUT2D eigenvalue weighted by molar-refractivity contribution is -0.138. The van der Waals surface area contributed by atoms with Crippen molar-refractivity contribution in [2.24, 2.45) is 5.73 Å². The minimum Gasteiger partial charge on any atom is -0.377 e. The molecule has 0 radical (unpaired) electrons. The Bertz CT molecular complexity index is 322. The first-order valence-corrected chi connectivity index (χ1v) is 5.43. The third-order valence-electron chi connectivity index (χ3n) is 2.28. The molecule has 96 valence electrons. The van der Waals surface area contributed by atoms with Crippen LogP contribution in [0.25, 0.3) is 0 Å². The van der Waals surface area contributed by atoms with Crippen LogP contribution in [0.15, 0.2) is 24.3 Å². The highest BCUT2D eigenvalue weighted by Gasteiger charge is 2.25. The molecule has 0 bridgehead atoms. The van der Waals surface area contributed by atoms with Gasteiger partial charge in [-0.25, -0.2) is 0 Å². The molecule has 0 fully saturated rings. The number of nitrogens with two attached hydrogens (primary N) is 1. The van der Waals surface area contributed by atoms with E-state index in [1.807, 2.05) is 24.3 Å². The van der Waals surface area contributed by atoms with Crippen molar-refractivity contribution in [2.75, 3.05) is 6.61 Å². The number of hydrogen-bond donors (Lipinski definition) is 1. The quantitative estimate of drug-likeness (QED) is 0.784. The van der Waals surface area contributed by atoms with Crippen LogP contribution in [0.2, 0.25) is 0 Å². The Morgan fingerprint density at radius 1 is 1.06 bits per heavy atom. The van der Waals surface area contributed by atoms with Crippen LogP contribution in [0, 0.1) is 0 Å². The number of rotatable bonds is 6. The lowest BCUT2D eigenvalue weighted by Gasteiger charge is -2.07. The van der Waals surface area contributed by atoms with E-state index in [1.54, 1.807) is 0 Å². The third-order valence-corrected chi connectivity index (χ3v) is 2.28. The second kappa shape index (κ2) is 6.61. The Hall–Kier alpha value is -1.07. The first-order valence-electron chi connectivity index (χ1n) is 5.43. The number of hydrogen-bond acceptors (Lipinski definition) is 2. The first kappa shape index (κ1) is 14.0. The van der Waals surface area contributed by atoms with Crippen LogP contribution in [0.3, 0.4) is 0 Å². The van der Waals surface area contributed by atoms with Crippen LogP contribution in [0.5, 0.6) is 0 Å². The van der Waals surface area contributed by atoms with Crippen LogP contribution >= 0.6 is 0 Å². The summed E-state index contributed by atoms with van der Waals surface area (Å²) >= 11 is 0. The predicted octanol–water partition coefficient (Wildman–Crippen LogP) is 3.00. The smallest absolute Gasteiger partial charge is 0.377 e. The average Bonchev–Trinajstić information content (AvgIpc) is 2.28. The summed E-state index contributed by atoms with van der Waals surface area (Å²) < 4.78 is 40.6. The molecule has 0 saturated heterocycles. The van der Waals surface area contributed by atoms with Gasteiger partial charge >= 0.3 is 6.18 Å². The molecule has 2 N–H and O–H groups in total. The van der Waals surface area contributed by atoms with Gasteiger partial charge in [-0.15, -0.1) is 0 Å². The number of halogens is 3. The molecular formula is C12H16F3NO. The maximum absolute atomic E-state index is 11.8. The van der Waals surface area contributed by atoms with Crippen LogP contribution in [-0.4, -0.2) is 12.8 Å². The van der Waals surface area contributed by atoms with Gasteiger partial charge in [-0.05, 0) is 17.5 Å². The van der Waals surface area contributed by atoms with Crippen molar-refractivity contribution < 1.29 is 17.9 Å². The second-order valence-corrected chi connectivity index (χ2v) is 3.79. The largest absolute Gasteiger partial charge is 0.389 e. The highest BCUT2D eigenvalue weighted by atomic mass is 19.4. The van der Waals surface area contributed by atoms with Gasteiger partial charge in [0, 0.05) is 19.6 Å². The van der Waals surface area contributed by atoms with Crippen LogP contribution in [0.1, 0.15) is 24.0 Å². The topological polar surface area (TPSA) is 35.2 Å². The Balaban J connectivity index is 2.18. The number of benzene rings is 1. The monoisotopic (exact) mass is 247 g/mol. The fourth-order valence-electron chi connectivity index (χ4n) is 1.34. The van der Waals surface area contributed by atoms with E-state index >= 15 is 0 Å². The molecule has 0 unspecified atom stereocenters. The lowest BCUT2D eigenvalue weighted by Crippen LogP contribution is -2.08. The van der Waals surface area contributed by atoms with Gasteiger partial charge in [0.15, 0.2) is 0 Å². The van der Waals surface area contributed by atoms with E-state index in [1.165, 1.54) is 0 Å². The average molecular weight is 247 g/mol. The number of ether oxygens (including phenoxy) is 1. The van der Waals surface area contributed by atoms with Crippen LogP contribution in [0.4, 0.5) is 13.2 Å². The maximum Gasteiger partial charge on any atom is 0.389 e. The highest BCUT2D eigenvalue weighted by Crippen LogP contribution is 2.21. The molecule has 0 heterocycles. The molecule has 1 aromatic carbocycles. The molecule has 1 rings (SSSR count). The molecule has 0 aliphatic rings. The van der Waals surface area contributed by atoms with E-state index in [4.69, 9.17) is 10.5 Å². The van der Waals surface area contributed by atoms with Crippen molar-refractivity contribution in [3.63, 3.8) is 0 Å². The van der Waals surface area contributed by atoms with Crippen molar-refractivity contribution in [3.05, 3.63) is 35.4 Å². The fourth-order valence-corrected chi connectivity index (χ4v) is 1.34. The summed E-state index contributed by atoms with van der Waals surface area (Å²) in [5.74, 6) is 0. The molecule has 5 heteroatoms. The summed E-state index contributed by atoms with van der Waals surface area (Å²) in [6.45, 7) is 0.938. The Kier molecular flexibility index (Phi) is 5.44. The summed E-state index contributed by atoms with van der Waals surface area (Å²) in [5.41, 5.74) is 7.40. The van der Waals surface area contributed by atoms with E-state index < -0.39 is 12.6 Å². The molecule has 0 saturated carbocycles. The Labute approximate surface area is 98.6 Å². The van der Waals surface area contributed by atoms with Gasteiger partial charge in [0.1, 0.15) is 0 Å². The standard InChI is InChI=1S/C12H16F3NO/c13-12(14,15)6-1-7-17-9-11-4-2-10(8-16)3-5-11/h2-5H,1,6-9,16H2. The van der Waals surface area contributed by atoms with Crippen molar-refractivity contribution in [1.29, 1.82) is 0 Å². The molecule has 0 atom stereocenters. The lowest BCUT2D eigenvalue weighted by atomic mass is 10.1. The van der Waals surface area contributed by atoms with Gasteiger partial charge < -0.3 is 10.5 Å². The molecule has 0 spiro atoms.